The lowest BCUT2D eigenvalue weighted by molar-refractivity contribution is -0.136. The first kappa shape index (κ1) is 18.1. The van der Waals surface area contributed by atoms with E-state index in [1.807, 2.05) is 30.3 Å². The van der Waals surface area contributed by atoms with Crippen molar-refractivity contribution in [3.63, 3.8) is 0 Å². The molecular formula is C17H20N2O4S. The first-order chi connectivity index (χ1) is 11.2. The lowest BCUT2D eigenvalue weighted by Gasteiger charge is -2.27. The maximum atomic E-state index is 12.6. The summed E-state index contributed by atoms with van der Waals surface area (Å²) in [6, 6.07) is 15.6. The monoisotopic (exact) mass is 348 g/mol. The van der Waals surface area contributed by atoms with E-state index in [4.69, 9.17) is 9.88 Å². The zero-order valence-corrected chi connectivity index (χ0v) is 14.3. The third-order valence-corrected chi connectivity index (χ3v) is 4.48. The Bertz CT molecular complexity index is 804. The molecule has 0 spiro atoms. The number of anilines is 1. The molecule has 24 heavy (non-hydrogen) atoms. The normalized spacial score (nSPS) is 14.0. The summed E-state index contributed by atoms with van der Waals surface area (Å²) in [6.07, 6.45) is 0. The number of methoxy groups -OCH3 is 1. The van der Waals surface area contributed by atoms with Gasteiger partial charge in [-0.1, -0.05) is 42.5 Å². The van der Waals surface area contributed by atoms with E-state index in [0.717, 1.165) is 5.56 Å². The van der Waals surface area contributed by atoms with E-state index < -0.39 is 15.6 Å². The molecule has 0 bridgehead atoms. The lowest BCUT2D eigenvalue weighted by atomic mass is 9.94. The molecule has 0 aliphatic heterocycles. The molecule has 0 fully saturated rings. The molecule has 6 nitrogen and oxygen atoms in total. The highest BCUT2D eigenvalue weighted by molar-refractivity contribution is 7.88. The summed E-state index contributed by atoms with van der Waals surface area (Å²) in [4.78, 5) is 12.6. The molecule has 128 valence electrons. The van der Waals surface area contributed by atoms with E-state index in [9.17, 15) is 13.2 Å². The van der Waals surface area contributed by atoms with Crippen LogP contribution < -0.4 is 10.5 Å². The van der Waals surface area contributed by atoms with Gasteiger partial charge in [0.15, 0.2) is 5.60 Å². The molecule has 0 unspecified atom stereocenters. The summed E-state index contributed by atoms with van der Waals surface area (Å²) in [5, 5.41) is 7.79. The second-order valence-electron chi connectivity index (χ2n) is 5.56. The third-order valence-electron chi connectivity index (χ3n) is 3.75. The number of amides is 1. The molecule has 0 saturated heterocycles. The second-order valence-corrected chi connectivity index (χ2v) is 7.18. The minimum absolute atomic E-state index is 0.249. The van der Waals surface area contributed by atoms with Crippen LogP contribution in [0.2, 0.25) is 0 Å². The Balaban J connectivity index is 2.16. The van der Waals surface area contributed by atoms with Crippen LogP contribution >= 0.6 is 0 Å². The van der Waals surface area contributed by atoms with Gasteiger partial charge in [-0.2, -0.15) is 0 Å². The van der Waals surface area contributed by atoms with Crippen molar-refractivity contribution in [3.8, 4) is 0 Å². The van der Waals surface area contributed by atoms with Crippen molar-refractivity contribution >= 4 is 21.6 Å². The Kier molecular flexibility index (Phi) is 5.38. The van der Waals surface area contributed by atoms with Gasteiger partial charge in [0.2, 0.25) is 10.0 Å². The van der Waals surface area contributed by atoms with Gasteiger partial charge >= 0.3 is 0 Å². The number of sulfonamides is 1. The Labute approximate surface area is 141 Å². The van der Waals surface area contributed by atoms with E-state index in [2.05, 4.69) is 5.32 Å². The van der Waals surface area contributed by atoms with Crippen molar-refractivity contribution in [2.24, 2.45) is 5.14 Å². The fourth-order valence-electron chi connectivity index (χ4n) is 2.26. The second kappa shape index (κ2) is 7.12. The number of hydrogen-bond acceptors (Lipinski definition) is 4. The highest BCUT2D eigenvalue weighted by Crippen LogP contribution is 2.26. The maximum absolute atomic E-state index is 12.6. The number of carbonyl (C=O) groups excluding carboxylic acids is 1. The summed E-state index contributed by atoms with van der Waals surface area (Å²) in [7, 11) is -2.11. The molecule has 2 rings (SSSR count). The first-order valence-electron chi connectivity index (χ1n) is 7.26. The molecule has 0 aliphatic rings. The minimum atomic E-state index is -3.58. The van der Waals surface area contributed by atoms with Crippen molar-refractivity contribution in [3.05, 3.63) is 65.7 Å². The quantitative estimate of drug-likeness (QED) is 0.834. The fourth-order valence-corrected chi connectivity index (χ4v) is 2.92. The van der Waals surface area contributed by atoms with Crippen molar-refractivity contribution in [2.45, 2.75) is 18.3 Å². The van der Waals surface area contributed by atoms with E-state index >= 15 is 0 Å². The Morgan fingerprint density at radius 3 is 2.21 bits per heavy atom. The molecule has 2 aromatic rings. The largest absolute Gasteiger partial charge is 0.364 e. The van der Waals surface area contributed by atoms with Crippen LogP contribution in [-0.4, -0.2) is 21.4 Å². The van der Waals surface area contributed by atoms with Crippen LogP contribution in [-0.2, 0) is 30.9 Å². The van der Waals surface area contributed by atoms with Gasteiger partial charge in [0.25, 0.3) is 5.91 Å². The molecule has 3 N–H and O–H groups in total. The molecule has 0 radical (unpaired) electrons. The minimum Gasteiger partial charge on any atom is -0.364 e. The van der Waals surface area contributed by atoms with Crippen LogP contribution in [0.5, 0.6) is 0 Å². The SMILES string of the molecule is CO[C@](C)(C(=O)Nc1ccc(CS(N)(=O)=O)cc1)c1ccccc1. The number of rotatable bonds is 6. The van der Waals surface area contributed by atoms with Crippen molar-refractivity contribution < 1.29 is 17.9 Å². The van der Waals surface area contributed by atoms with E-state index in [-0.39, 0.29) is 11.7 Å². The highest BCUT2D eigenvalue weighted by atomic mass is 32.2. The number of ether oxygens (including phenoxy) is 1. The molecule has 0 heterocycles. The molecule has 2 aromatic carbocycles. The van der Waals surface area contributed by atoms with Gasteiger partial charge in [-0.15, -0.1) is 0 Å². The van der Waals surface area contributed by atoms with Gasteiger partial charge in [0, 0.05) is 12.8 Å². The molecule has 0 aliphatic carbocycles. The van der Waals surface area contributed by atoms with Gasteiger partial charge < -0.3 is 10.1 Å². The molecular weight excluding hydrogens is 328 g/mol. The first-order valence-corrected chi connectivity index (χ1v) is 8.98. The van der Waals surface area contributed by atoms with Gasteiger partial charge in [-0.05, 0) is 30.2 Å². The summed E-state index contributed by atoms with van der Waals surface area (Å²) in [5.41, 5.74) is 0.682. The number of nitrogens with one attached hydrogen (secondary N) is 1. The fraction of sp³-hybridized carbons (Fsp3) is 0.235. The summed E-state index contributed by atoms with van der Waals surface area (Å²) < 4.78 is 27.6. The zero-order valence-electron chi connectivity index (χ0n) is 13.5. The maximum Gasteiger partial charge on any atom is 0.260 e. The van der Waals surface area contributed by atoms with E-state index in [1.165, 1.54) is 7.11 Å². The Morgan fingerprint density at radius 1 is 1.12 bits per heavy atom. The van der Waals surface area contributed by atoms with Crippen molar-refractivity contribution in [2.75, 3.05) is 12.4 Å². The number of benzene rings is 2. The van der Waals surface area contributed by atoms with Crippen LogP contribution in [0, 0.1) is 0 Å². The molecule has 1 atom stereocenters. The topological polar surface area (TPSA) is 98.5 Å². The Hall–Kier alpha value is -2.22. The molecule has 1 amide bonds. The molecule has 0 saturated carbocycles. The summed E-state index contributed by atoms with van der Waals surface area (Å²) >= 11 is 0. The number of hydrogen-bond donors (Lipinski definition) is 2. The van der Waals surface area contributed by atoms with Gasteiger partial charge in [0.1, 0.15) is 0 Å². The average molecular weight is 348 g/mol. The third kappa shape index (κ3) is 4.41. The van der Waals surface area contributed by atoms with Gasteiger partial charge in [0.05, 0.1) is 5.75 Å². The molecule has 7 heteroatoms. The molecule has 0 aromatic heterocycles. The van der Waals surface area contributed by atoms with Crippen molar-refractivity contribution in [1.29, 1.82) is 0 Å². The van der Waals surface area contributed by atoms with Gasteiger partial charge in [-0.3, -0.25) is 4.79 Å². The lowest BCUT2D eigenvalue weighted by Crippen LogP contribution is -2.39. The predicted octanol–water partition coefficient (Wildman–Crippen LogP) is 1.98. The Morgan fingerprint density at radius 2 is 1.71 bits per heavy atom. The van der Waals surface area contributed by atoms with Crippen LogP contribution in [0.4, 0.5) is 5.69 Å². The summed E-state index contributed by atoms with van der Waals surface area (Å²) in [6.45, 7) is 1.69. The van der Waals surface area contributed by atoms with E-state index in [1.54, 1.807) is 31.2 Å². The smallest absolute Gasteiger partial charge is 0.260 e. The van der Waals surface area contributed by atoms with Crippen LogP contribution in [0.25, 0.3) is 0 Å². The standard InChI is InChI=1S/C17H20N2O4S/c1-17(23-2,14-6-4-3-5-7-14)16(20)19-15-10-8-13(9-11-15)12-24(18,21)22/h3-11H,12H2,1-2H3,(H,19,20)(H2,18,21,22)/t17-/m0/s1. The van der Waals surface area contributed by atoms with Gasteiger partial charge in [-0.25, -0.2) is 13.6 Å². The van der Waals surface area contributed by atoms with E-state index in [0.29, 0.717) is 11.3 Å². The average Bonchev–Trinajstić information content (AvgIpc) is 2.55. The highest BCUT2D eigenvalue weighted by Gasteiger charge is 2.35. The predicted molar refractivity (Wildman–Crippen MR) is 92.7 cm³/mol. The van der Waals surface area contributed by atoms with Crippen LogP contribution in [0.3, 0.4) is 0 Å². The summed E-state index contributed by atoms with van der Waals surface area (Å²) in [5.74, 6) is -0.573. The number of nitrogens with two attached hydrogens (primary N) is 1. The zero-order chi connectivity index (χ0) is 17.8. The number of primary sulfonamides is 1. The number of carbonyl (C=O) groups is 1. The van der Waals surface area contributed by atoms with Crippen LogP contribution in [0.15, 0.2) is 54.6 Å². The van der Waals surface area contributed by atoms with Crippen molar-refractivity contribution in [1.82, 2.24) is 0 Å². The van der Waals surface area contributed by atoms with Crippen LogP contribution in [0.1, 0.15) is 18.1 Å².